The van der Waals surface area contributed by atoms with Gasteiger partial charge in [-0.15, -0.1) is 0 Å². The minimum Gasteiger partial charge on any atom is -0.365 e. The number of hydrogen-bond donors (Lipinski definition) is 1. The van der Waals surface area contributed by atoms with Gasteiger partial charge in [-0.25, -0.2) is 4.99 Å². The molecule has 1 aliphatic heterocycles. The van der Waals surface area contributed by atoms with Gasteiger partial charge >= 0.3 is 0 Å². The summed E-state index contributed by atoms with van der Waals surface area (Å²) in [4.78, 5) is 4.51. The van der Waals surface area contributed by atoms with E-state index >= 15 is 0 Å². The van der Waals surface area contributed by atoms with Gasteiger partial charge in [-0.05, 0) is 39.3 Å². The second-order valence-electron chi connectivity index (χ2n) is 4.47. The molecule has 0 bridgehead atoms. The Hall–Kier alpha value is -1.31. The van der Waals surface area contributed by atoms with Crippen molar-refractivity contribution in [2.75, 3.05) is 0 Å². The topological polar surface area (TPSA) is 24.4 Å². The summed E-state index contributed by atoms with van der Waals surface area (Å²) in [5.74, 6) is 0.994. The van der Waals surface area contributed by atoms with Crippen molar-refractivity contribution in [2.24, 2.45) is 4.99 Å². The molecule has 0 unspecified atom stereocenters. The third-order valence-corrected chi connectivity index (χ3v) is 2.61. The summed E-state index contributed by atoms with van der Waals surface area (Å²) in [6.07, 6.45) is 0. The lowest BCUT2D eigenvalue weighted by atomic mass is 9.90. The maximum absolute atomic E-state index is 4.51. The molecule has 0 saturated heterocycles. The monoisotopic (exact) mass is 188 g/mol. The van der Waals surface area contributed by atoms with Crippen LogP contribution in [0.15, 0.2) is 23.2 Å². The van der Waals surface area contributed by atoms with Crippen molar-refractivity contribution in [1.29, 1.82) is 0 Å². The predicted octanol–water partition coefficient (Wildman–Crippen LogP) is 2.88. The molecule has 0 aromatic heterocycles. The Bertz CT molecular complexity index is 403. The molecule has 2 nitrogen and oxygen atoms in total. The Balaban J connectivity index is 2.63. The van der Waals surface area contributed by atoms with Crippen molar-refractivity contribution in [3.63, 3.8) is 0 Å². The van der Waals surface area contributed by atoms with Crippen molar-refractivity contribution in [3.05, 3.63) is 29.3 Å². The van der Waals surface area contributed by atoms with Crippen molar-refractivity contribution >= 4 is 11.5 Å². The smallest absolute Gasteiger partial charge is 0.0997 e. The fourth-order valence-electron chi connectivity index (χ4n) is 1.99. The minimum atomic E-state index is -0.00509. The lowest BCUT2D eigenvalue weighted by Gasteiger charge is -2.32. The fourth-order valence-corrected chi connectivity index (χ4v) is 1.99. The third kappa shape index (κ3) is 1.41. The predicted molar refractivity (Wildman–Crippen MR) is 60.1 cm³/mol. The number of amidine groups is 1. The van der Waals surface area contributed by atoms with Crippen molar-refractivity contribution in [2.45, 2.75) is 33.2 Å². The third-order valence-electron chi connectivity index (χ3n) is 2.61. The minimum absolute atomic E-state index is 0.00509. The molecule has 1 N–H and O–H groups in total. The van der Waals surface area contributed by atoms with E-state index < -0.39 is 0 Å². The molecule has 1 aromatic rings. The lowest BCUT2D eigenvalue weighted by Crippen LogP contribution is -2.42. The first-order valence-electron chi connectivity index (χ1n) is 4.94. The second-order valence-corrected chi connectivity index (χ2v) is 4.47. The highest BCUT2D eigenvalue weighted by Crippen LogP contribution is 2.33. The first-order valence-corrected chi connectivity index (χ1v) is 4.94. The van der Waals surface area contributed by atoms with Crippen molar-refractivity contribution in [3.8, 4) is 0 Å². The first-order chi connectivity index (χ1) is 6.49. The molecule has 0 amide bonds. The van der Waals surface area contributed by atoms with Gasteiger partial charge in [-0.3, -0.25) is 0 Å². The van der Waals surface area contributed by atoms with Crippen LogP contribution in [-0.4, -0.2) is 5.84 Å². The van der Waals surface area contributed by atoms with Gasteiger partial charge < -0.3 is 5.32 Å². The first kappa shape index (κ1) is 9.25. The summed E-state index contributed by atoms with van der Waals surface area (Å²) in [7, 11) is 0. The molecular formula is C12H16N2. The molecule has 0 aliphatic carbocycles. The SMILES string of the molecule is CC1=Nc2cc(C)ccc2C(C)(C)N1. The summed E-state index contributed by atoms with van der Waals surface area (Å²) in [6, 6.07) is 6.44. The highest BCUT2D eigenvalue weighted by molar-refractivity contribution is 5.86. The molecule has 0 radical (unpaired) electrons. The fraction of sp³-hybridized carbons (Fsp3) is 0.417. The van der Waals surface area contributed by atoms with Crippen molar-refractivity contribution < 1.29 is 0 Å². The average Bonchev–Trinajstić information content (AvgIpc) is 2.00. The number of nitrogens with zero attached hydrogens (tertiary/aromatic N) is 1. The summed E-state index contributed by atoms with van der Waals surface area (Å²) in [6.45, 7) is 8.46. The van der Waals surface area contributed by atoms with Crippen LogP contribution in [0.2, 0.25) is 0 Å². The molecule has 1 heterocycles. The van der Waals surface area contributed by atoms with E-state index in [4.69, 9.17) is 0 Å². The zero-order valence-electron chi connectivity index (χ0n) is 9.18. The molecule has 0 fully saturated rings. The van der Waals surface area contributed by atoms with Crippen LogP contribution in [-0.2, 0) is 5.54 Å². The average molecular weight is 188 g/mol. The van der Waals surface area contributed by atoms with Crippen LogP contribution in [0.4, 0.5) is 5.69 Å². The Morgan fingerprint density at radius 1 is 1.21 bits per heavy atom. The van der Waals surface area contributed by atoms with E-state index in [-0.39, 0.29) is 5.54 Å². The van der Waals surface area contributed by atoms with E-state index in [2.05, 4.69) is 49.3 Å². The van der Waals surface area contributed by atoms with Gasteiger partial charge in [0.25, 0.3) is 0 Å². The van der Waals surface area contributed by atoms with Crippen LogP contribution in [0.3, 0.4) is 0 Å². The molecule has 0 saturated carbocycles. The number of nitrogens with one attached hydrogen (secondary N) is 1. The summed E-state index contributed by atoms with van der Waals surface area (Å²) < 4.78 is 0. The van der Waals surface area contributed by atoms with E-state index in [0.717, 1.165) is 11.5 Å². The zero-order chi connectivity index (χ0) is 10.3. The maximum atomic E-state index is 4.51. The standard InChI is InChI=1S/C12H16N2/c1-8-5-6-10-11(7-8)13-9(2)14-12(10,3)4/h5-7H,1-4H3,(H,13,14). The largest absolute Gasteiger partial charge is 0.365 e. The van der Waals surface area contributed by atoms with Crippen LogP contribution in [0, 0.1) is 6.92 Å². The molecule has 74 valence electrons. The van der Waals surface area contributed by atoms with Crippen LogP contribution in [0.1, 0.15) is 31.9 Å². The van der Waals surface area contributed by atoms with E-state index in [9.17, 15) is 0 Å². The number of aryl methyl sites for hydroxylation is 1. The van der Waals surface area contributed by atoms with Gasteiger partial charge in [0.15, 0.2) is 0 Å². The van der Waals surface area contributed by atoms with Crippen LogP contribution in [0.5, 0.6) is 0 Å². The lowest BCUT2D eigenvalue weighted by molar-refractivity contribution is 0.479. The van der Waals surface area contributed by atoms with Crippen LogP contribution < -0.4 is 5.32 Å². The number of aliphatic imine (C=N–C) groups is 1. The highest BCUT2D eigenvalue weighted by Gasteiger charge is 2.26. The molecular weight excluding hydrogens is 172 g/mol. The Morgan fingerprint density at radius 3 is 2.64 bits per heavy atom. The number of benzene rings is 1. The molecule has 1 aliphatic rings. The van der Waals surface area contributed by atoms with Gasteiger partial charge in [-0.2, -0.15) is 0 Å². The molecule has 0 atom stereocenters. The van der Waals surface area contributed by atoms with E-state index in [1.165, 1.54) is 11.1 Å². The molecule has 2 heteroatoms. The summed E-state index contributed by atoms with van der Waals surface area (Å²) >= 11 is 0. The Morgan fingerprint density at radius 2 is 1.93 bits per heavy atom. The van der Waals surface area contributed by atoms with E-state index in [0.29, 0.717) is 0 Å². The summed E-state index contributed by atoms with van der Waals surface area (Å²) in [5.41, 5.74) is 3.63. The molecule has 2 rings (SSSR count). The normalized spacial score (nSPS) is 18.1. The second kappa shape index (κ2) is 2.84. The van der Waals surface area contributed by atoms with Crippen LogP contribution in [0.25, 0.3) is 0 Å². The van der Waals surface area contributed by atoms with E-state index in [1.54, 1.807) is 0 Å². The zero-order valence-corrected chi connectivity index (χ0v) is 9.18. The Kier molecular flexibility index (Phi) is 1.88. The van der Waals surface area contributed by atoms with Gasteiger partial charge in [-0.1, -0.05) is 12.1 Å². The van der Waals surface area contributed by atoms with Gasteiger partial charge in [0.1, 0.15) is 0 Å². The Labute approximate surface area is 85.1 Å². The maximum Gasteiger partial charge on any atom is 0.0997 e. The van der Waals surface area contributed by atoms with Gasteiger partial charge in [0.05, 0.1) is 17.1 Å². The van der Waals surface area contributed by atoms with Crippen LogP contribution >= 0.6 is 0 Å². The highest BCUT2D eigenvalue weighted by atomic mass is 15.1. The van der Waals surface area contributed by atoms with Gasteiger partial charge in [0, 0.05) is 5.56 Å². The number of hydrogen-bond acceptors (Lipinski definition) is 2. The van der Waals surface area contributed by atoms with Gasteiger partial charge in [0.2, 0.25) is 0 Å². The summed E-state index contributed by atoms with van der Waals surface area (Å²) in [5, 5.41) is 3.38. The molecule has 0 spiro atoms. The van der Waals surface area contributed by atoms with Crippen molar-refractivity contribution in [1.82, 2.24) is 5.32 Å². The molecule has 1 aromatic carbocycles. The number of fused-ring (bicyclic) bond motifs is 1. The van der Waals surface area contributed by atoms with E-state index in [1.807, 2.05) is 6.92 Å². The molecule has 14 heavy (non-hydrogen) atoms. The number of rotatable bonds is 0. The quantitative estimate of drug-likeness (QED) is 0.665.